The molecular formula is C19H23N3O5. The molecule has 0 radical (unpaired) electrons. The minimum atomic E-state index is -0.579. The molecule has 0 spiro atoms. The van der Waals surface area contributed by atoms with Gasteiger partial charge >= 0.3 is 0 Å². The smallest absolute Gasteiger partial charge is 0.285 e. The van der Waals surface area contributed by atoms with Gasteiger partial charge in [-0.1, -0.05) is 19.8 Å². The summed E-state index contributed by atoms with van der Waals surface area (Å²) in [5.41, 5.74) is -0.653. The van der Waals surface area contributed by atoms with E-state index in [4.69, 9.17) is 4.42 Å². The predicted octanol–water partition coefficient (Wildman–Crippen LogP) is 3.06. The zero-order valence-corrected chi connectivity index (χ0v) is 15.3. The van der Waals surface area contributed by atoms with Crippen LogP contribution in [0.1, 0.15) is 50.2 Å². The van der Waals surface area contributed by atoms with Gasteiger partial charge in [-0.05, 0) is 25.0 Å². The number of carbonyl (C=O) groups is 1. The van der Waals surface area contributed by atoms with Gasteiger partial charge in [0, 0.05) is 25.1 Å². The third kappa shape index (κ3) is 4.27. The Hall–Kier alpha value is -2.90. The average Bonchev–Trinajstić information content (AvgIpc) is 2.99. The second kappa shape index (κ2) is 8.20. The molecule has 0 saturated carbocycles. The highest BCUT2D eigenvalue weighted by molar-refractivity contribution is 5.76. The summed E-state index contributed by atoms with van der Waals surface area (Å²) < 4.78 is 6.98. The molecule has 0 bridgehead atoms. The summed E-state index contributed by atoms with van der Waals surface area (Å²) in [5.74, 6) is 1.39. The lowest BCUT2D eigenvalue weighted by molar-refractivity contribution is -0.385. The number of aromatic nitrogens is 1. The van der Waals surface area contributed by atoms with Crippen molar-refractivity contribution in [2.75, 3.05) is 6.54 Å². The first-order chi connectivity index (χ1) is 13.0. The van der Waals surface area contributed by atoms with Crippen molar-refractivity contribution in [2.24, 2.45) is 0 Å². The van der Waals surface area contributed by atoms with E-state index in [1.54, 1.807) is 4.90 Å². The maximum absolute atomic E-state index is 13.0. The second-order valence-electron chi connectivity index (χ2n) is 6.72. The van der Waals surface area contributed by atoms with Crippen LogP contribution in [0.4, 0.5) is 5.69 Å². The second-order valence-corrected chi connectivity index (χ2v) is 6.72. The molecule has 1 saturated heterocycles. The molecule has 8 nitrogen and oxygen atoms in total. The highest BCUT2D eigenvalue weighted by atomic mass is 16.6. The maximum Gasteiger partial charge on any atom is 0.285 e. The van der Waals surface area contributed by atoms with E-state index in [1.165, 1.54) is 0 Å². The summed E-state index contributed by atoms with van der Waals surface area (Å²) in [5, 5.41) is 10.9. The monoisotopic (exact) mass is 373 g/mol. The number of amides is 1. The topological polar surface area (TPSA) is 98.6 Å². The fraction of sp³-hybridized carbons (Fsp3) is 0.474. The summed E-state index contributed by atoms with van der Waals surface area (Å²) in [7, 11) is 0. The van der Waals surface area contributed by atoms with E-state index in [1.807, 2.05) is 19.1 Å². The minimum absolute atomic E-state index is 0.172. The number of carbonyl (C=O) groups excluding carboxylic acids is 1. The quantitative estimate of drug-likeness (QED) is 0.592. The van der Waals surface area contributed by atoms with Crippen LogP contribution >= 0.6 is 0 Å². The zero-order valence-electron chi connectivity index (χ0n) is 15.3. The lowest BCUT2D eigenvalue weighted by Crippen LogP contribution is -2.38. The Morgan fingerprint density at radius 1 is 1.26 bits per heavy atom. The van der Waals surface area contributed by atoms with Crippen LogP contribution in [-0.4, -0.2) is 26.8 Å². The number of nitro groups is 1. The van der Waals surface area contributed by atoms with Gasteiger partial charge in [0.1, 0.15) is 18.1 Å². The van der Waals surface area contributed by atoms with E-state index in [-0.39, 0.29) is 24.2 Å². The minimum Gasteiger partial charge on any atom is -0.464 e. The average molecular weight is 373 g/mol. The van der Waals surface area contributed by atoms with Gasteiger partial charge < -0.3 is 9.32 Å². The number of likely N-dealkylation sites (tertiary alicyclic amines) is 1. The van der Waals surface area contributed by atoms with Crippen molar-refractivity contribution in [1.82, 2.24) is 9.47 Å². The SMILES string of the molecule is CCc1ccc([C@H]2CCCCCN2C(=O)Cn2cc([N+](=O)[O-])ccc2=O)o1. The first-order valence-electron chi connectivity index (χ1n) is 9.22. The van der Waals surface area contributed by atoms with Crippen molar-refractivity contribution >= 4 is 11.6 Å². The van der Waals surface area contributed by atoms with E-state index >= 15 is 0 Å². The Balaban J connectivity index is 1.85. The number of rotatable bonds is 5. The molecule has 144 valence electrons. The Kier molecular flexibility index (Phi) is 5.73. The number of aryl methyl sites for hydroxylation is 1. The number of pyridine rings is 1. The number of nitrogens with zero attached hydrogens (tertiary/aromatic N) is 3. The van der Waals surface area contributed by atoms with E-state index in [2.05, 4.69) is 0 Å². The van der Waals surface area contributed by atoms with Crippen molar-refractivity contribution in [3.05, 3.63) is 62.5 Å². The van der Waals surface area contributed by atoms with Crippen LogP contribution in [-0.2, 0) is 17.8 Å². The van der Waals surface area contributed by atoms with Gasteiger partial charge in [0.15, 0.2) is 0 Å². The van der Waals surface area contributed by atoms with Crippen LogP contribution in [0.5, 0.6) is 0 Å². The standard InChI is InChI=1S/C19H23N3O5/c1-2-15-8-9-17(27-15)16-6-4-3-5-11-21(16)19(24)13-20-12-14(22(25)26)7-10-18(20)23/h7-10,12,16H,2-6,11,13H2,1H3/t16-/m1/s1. The molecule has 1 aliphatic heterocycles. The van der Waals surface area contributed by atoms with E-state index in [0.29, 0.717) is 6.54 Å². The van der Waals surface area contributed by atoms with Crippen LogP contribution < -0.4 is 5.56 Å². The molecule has 1 fully saturated rings. The molecule has 0 aromatic carbocycles. The van der Waals surface area contributed by atoms with Crippen molar-refractivity contribution in [3.63, 3.8) is 0 Å². The summed E-state index contributed by atoms with van der Waals surface area (Å²) in [6, 6.07) is 5.93. The van der Waals surface area contributed by atoms with Gasteiger partial charge in [0.2, 0.25) is 5.91 Å². The molecule has 27 heavy (non-hydrogen) atoms. The normalized spacial score (nSPS) is 17.5. The van der Waals surface area contributed by atoms with Crippen LogP contribution in [0, 0.1) is 10.1 Å². The Morgan fingerprint density at radius 3 is 2.78 bits per heavy atom. The highest BCUT2D eigenvalue weighted by Crippen LogP contribution is 2.31. The lowest BCUT2D eigenvalue weighted by Gasteiger charge is -2.29. The first-order valence-corrected chi connectivity index (χ1v) is 9.22. The maximum atomic E-state index is 13.0. The van der Waals surface area contributed by atoms with Crippen LogP contribution in [0.2, 0.25) is 0 Å². The van der Waals surface area contributed by atoms with E-state index < -0.39 is 10.5 Å². The fourth-order valence-electron chi connectivity index (χ4n) is 3.45. The molecule has 2 aromatic heterocycles. The third-order valence-corrected chi connectivity index (χ3v) is 4.92. The van der Waals surface area contributed by atoms with E-state index in [9.17, 15) is 19.7 Å². The largest absolute Gasteiger partial charge is 0.464 e. The van der Waals surface area contributed by atoms with Gasteiger partial charge in [-0.2, -0.15) is 0 Å². The van der Waals surface area contributed by atoms with Crippen LogP contribution in [0.25, 0.3) is 0 Å². The summed E-state index contributed by atoms with van der Waals surface area (Å²) >= 11 is 0. The summed E-state index contributed by atoms with van der Waals surface area (Å²) in [4.78, 5) is 37.1. The van der Waals surface area contributed by atoms with Gasteiger partial charge in [0.25, 0.3) is 11.2 Å². The molecule has 0 unspecified atom stereocenters. The Bertz CT molecular complexity index is 885. The highest BCUT2D eigenvalue weighted by Gasteiger charge is 2.29. The van der Waals surface area contributed by atoms with Gasteiger partial charge in [0.05, 0.1) is 17.2 Å². The number of hydrogen-bond acceptors (Lipinski definition) is 5. The lowest BCUT2D eigenvalue weighted by atomic mass is 10.1. The molecule has 1 aliphatic rings. The van der Waals surface area contributed by atoms with Crippen LogP contribution in [0.3, 0.4) is 0 Å². The van der Waals surface area contributed by atoms with E-state index in [0.717, 1.165) is 66.5 Å². The molecule has 0 N–H and O–H groups in total. The number of hydrogen-bond donors (Lipinski definition) is 0. The molecule has 2 aromatic rings. The van der Waals surface area contributed by atoms with Gasteiger partial charge in [-0.15, -0.1) is 0 Å². The molecular weight excluding hydrogens is 350 g/mol. The van der Waals surface area contributed by atoms with Gasteiger partial charge in [-0.25, -0.2) is 0 Å². The number of furan rings is 1. The van der Waals surface area contributed by atoms with Crippen molar-refractivity contribution in [1.29, 1.82) is 0 Å². The zero-order chi connectivity index (χ0) is 19.4. The molecule has 0 aliphatic carbocycles. The third-order valence-electron chi connectivity index (χ3n) is 4.92. The predicted molar refractivity (Wildman–Crippen MR) is 98.4 cm³/mol. The summed E-state index contributed by atoms with van der Waals surface area (Å²) in [6.07, 6.45) is 5.60. The molecule has 8 heteroatoms. The van der Waals surface area contributed by atoms with Crippen molar-refractivity contribution in [2.45, 2.75) is 51.6 Å². The van der Waals surface area contributed by atoms with Crippen LogP contribution in [0.15, 0.2) is 39.7 Å². The Morgan fingerprint density at radius 2 is 2.07 bits per heavy atom. The first kappa shape index (κ1) is 18.9. The summed E-state index contributed by atoms with van der Waals surface area (Å²) in [6.45, 7) is 2.36. The molecule has 3 rings (SSSR count). The van der Waals surface area contributed by atoms with Crippen molar-refractivity contribution < 1.29 is 14.1 Å². The molecule has 1 amide bonds. The molecule has 3 heterocycles. The van der Waals surface area contributed by atoms with Crippen molar-refractivity contribution in [3.8, 4) is 0 Å². The fourth-order valence-corrected chi connectivity index (χ4v) is 3.45. The molecule has 1 atom stereocenters. The van der Waals surface area contributed by atoms with Gasteiger partial charge in [-0.3, -0.25) is 24.3 Å². The Labute approximate surface area is 156 Å².